The zero-order chi connectivity index (χ0) is 24.9. The Kier molecular flexibility index (Phi) is 11.5. The molecule has 5 heteroatoms. The van der Waals surface area contributed by atoms with Gasteiger partial charge in [-0.05, 0) is 30.5 Å². The van der Waals surface area contributed by atoms with Gasteiger partial charge in [-0.25, -0.2) is 4.79 Å². The average Bonchev–Trinajstić information content (AvgIpc) is 2.87. The molecule has 192 valence electrons. The largest absolute Gasteiger partial charge is 0.333 e. The molecule has 2 aliphatic rings. The molecule has 35 heavy (non-hydrogen) atoms. The molecular formula is C30H43NO4. The minimum Gasteiger partial charge on any atom is -0.330 e. The van der Waals surface area contributed by atoms with E-state index in [4.69, 9.17) is 4.84 Å². The molecule has 0 spiro atoms. The van der Waals surface area contributed by atoms with Crippen LogP contribution in [0.3, 0.4) is 0 Å². The molecule has 0 atom stereocenters. The lowest BCUT2D eigenvalue weighted by Gasteiger charge is -2.26. The molecule has 1 aromatic rings. The molecule has 1 aliphatic heterocycles. The first-order valence-corrected chi connectivity index (χ1v) is 14.1. The van der Waals surface area contributed by atoms with Crippen LogP contribution in [0.1, 0.15) is 133 Å². The Balaban J connectivity index is 1.25. The molecule has 3 rings (SSSR count). The number of rotatable bonds is 17. The van der Waals surface area contributed by atoms with Crippen molar-refractivity contribution in [1.82, 2.24) is 5.06 Å². The maximum Gasteiger partial charge on any atom is 0.333 e. The second kappa shape index (κ2) is 14.9. The third-order valence-corrected chi connectivity index (χ3v) is 7.19. The van der Waals surface area contributed by atoms with Crippen molar-refractivity contribution in [2.75, 3.05) is 0 Å². The van der Waals surface area contributed by atoms with Gasteiger partial charge in [-0.15, -0.1) is 0 Å². The summed E-state index contributed by atoms with van der Waals surface area (Å²) in [6.07, 6.45) is 22.5. The second-order valence-corrected chi connectivity index (χ2v) is 10.1. The van der Waals surface area contributed by atoms with Crippen LogP contribution in [0.15, 0.2) is 18.2 Å². The van der Waals surface area contributed by atoms with E-state index in [2.05, 4.69) is 6.92 Å². The maximum atomic E-state index is 12.8. The van der Waals surface area contributed by atoms with Crippen LogP contribution < -0.4 is 10.4 Å². The number of nitrogens with zero attached hydrogens (tertiary/aromatic N) is 1. The SMILES string of the molecule is CCCCCCCCCCCCCCCCCC(=O)ON1C(=O)C2=c3c(cccc3=CCC2)C1=O. The van der Waals surface area contributed by atoms with Gasteiger partial charge in [-0.3, -0.25) is 9.59 Å². The van der Waals surface area contributed by atoms with Gasteiger partial charge in [0.1, 0.15) is 0 Å². The summed E-state index contributed by atoms with van der Waals surface area (Å²) >= 11 is 0. The molecule has 0 fully saturated rings. The van der Waals surface area contributed by atoms with Crippen LogP contribution in [0, 0.1) is 0 Å². The Hall–Kier alpha value is -2.43. The summed E-state index contributed by atoms with van der Waals surface area (Å²) in [6.45, 7) is 2.26. The Bertz CT molecular complexity index is 981. The summed E-state index contributed by atoms with van der Waals surface area (Å²) in [6, 6.07) is 5.41. The van der Waals surface area contributed by atoms with E-state index in [0.29, 0.717) is 27.8 Å². The molecule has 0 bridgehead atoms. The summed E-state index contributed by atoms with van der Waals surface area (Å²) in [5.74, 6) is -1.55. The van der Waals surface area contributed by atoms with Crippen molar-refractivity contribution in [1.29, 1.82) is 0 Å². The van der Waals surface area contributed by atoms with E-state index in [9.17, 15) is 14.4 Å². The smallest absolute Gasteiger partial charge is 0.330 e. The van der Waals surface area contributed by atoms with Crippen molar-refractivity contribution in [3.8, 4) is 0 Å². The van der Waals surface area contributed by atoms with Crippen LogP contribution in [0.4, 0.5) is 0 Å². The summed E-state index contributed by atoms with van der Waals surface area (Å²) in [5.41, 5.74) is 1.00. The van der Waals surface area contributed by atoms with Gasteiger partial charge in [0, 0.05) is 17.2 Å². The number of imide groups is 1. The van der Waals surface area contributed by atoms with Crippen molar-refractivity contribution >= 4 is 29.4 Å². The fourth-order valence-electron chi connectivity index (χ4n) is 5.16. The predicted octanol–water partition coefficient (Wildman–Crippen LogP) is 6.11. The van der Waals surface area contributed by atoms with Gasteiger partial charge < -0.3 is 4.84 Å². The first-order valence-electron chi connectivity index (χ1n) is 14.1. The lowest BCUT2D eigenvalue weighted by Crippen LogP contribution is -2.51. The number of amides is 2. The van der Waals surface area contributed by atoms with E-state index in [1.54, 1.807) is 12.1 Å². The van der Waals surface area contributed by atoms with Crippen LogP contribution in [-0.2, 0) is 14.4 Å². The Morgan fingerprint density at radius 3 is 1.97 bits per heavy atom. The van der Waals surface area contributed by atoms with Crippen molar-refractivity contribution in [2.24, 2.45) is 0 Å². The molecular weight excluding hydrogens is 438 g/mol. The van der Waals surface area contributed by atoms with Gasteiger partial charge in [0.25, 0.3) is 11.8 Å². The van der Waals surface area contributed by atoms with Gasteiger partial charge in [-0.1, -0.05) is 120 Å². The summed E-state index contributed by atoms with van der Waals surface area (Å²) in [4.78, 5) is 43.2. The first kappa shape index (κ1) is 27.2. The van der Waals surface area contributed by atoms with Gasteiger partial charge >= 0.3 is 5.97 Å². The number of unbranched alkanes of at least 4 members (excludes halogenated alkanes) is 14. The molecule has 0 saturated carbocycles. The Morgan fingerprint density at radius 2 is 1.37 bits per heavy atom. The monoisotopic (exact) mass is 481 g/mol. The van der Waals surface area contributed by atoms with Gasteiger partial charge in [0.05, 0.1) is 5.56 Å². The minimum absolute atomic E-state index is 0.228. The van der Waals surface area contributed by atoms with Gasteiger partial charge in [-0.2, -0.15) is 0 Å². The van der Waals surface area contributed by atoms with Crippen LogP contribution in [0.2, 0.25) is 0 Å². The lowest BCUT2D eigenvalue weighted by molar-refractivity contribution is -0.184. The highest BCUT2D eigenvalue weighted by molar-refractivity contribution is 6.24. The zero-order valence-electron chi connectivity index (χ0n) is 21.6. The van der Waals surface area contributed by atoms with E-state index in [-0.39, 0.29) is 6.42 Å². The van der Waals surface area contributed by atoms with Crippen molar-refractivity contribution < 1.29 is 19.2 Å². The van der Waals surface area contributed by atoms with E-state index in [1.165, 1.54) is 77.0 Å². The Morgan fingerprint density at radius 1 is 0.800 bits per heavy atom. The topological polar surface area (TPSA) is 63.7 Å². The van der Waals surface area contributed by atoms with Crippen molar-refractivity contribution in [3.05, 3.63) is 34.2 Å². The highest BCUT2D eigenvalue weighted by atomic mass is 16.7. The second-order valence-electron chi connectivity index (χ2n) is 10.1. The van der Waals surface area contributed by atoms with Crippen molar-refractivity contribution in [3.63, 3.8) is 0 Å². The minimum atomic E-state index is -0.546. The molecule has 0 saturated heterocycles. The lowest BCUT2D eigenvalue weighted by atomic mass is 9.92. The third kappa shape index (κ3) is 8.05. The summed E-state index contributed by atoms with van der Waals surface area (Å²) in [5, 5.41) is 2.30. The van der Waals surface area contributed by atoms with Crippen molar-refractivity contribution in [2.45, 2.75) is 122 Å². The van der Waals surface area contributed by atoms with Gasteiger partial charge in [0.2, 0.25) is 0 Å². The number of hydroxylamine groups is 2. The molecule has 0 unspecified atom stereocenters. The van der Waals surface area contributed by atoms with E-state index in [1.807, 2.05) is 12.1 Å². The molecule has 2 amide bonds. The fraction of sp³-hybridized carbons (Fsp3) is 0.633. The van der Waals surface area contributed by atoms with Gasteiger partial charge in [0.15, 0.2) is 0 Å². The van der Waals surface area contributed by atoms with Crippen LogP contribution in [0.25, 0.3) is 11.6 Å². The predicted molar refractivity (Wildman–Crippen MR) is 140 cm³/mol. The third-order valence-electron chi connectivity index (χ3n) is 7.19. The summed E-state index contributed by atoms with van der Waals surface area (Å²) in [7, 11) is 0. The molecule has 1 heterocycles. The maximum absolute atomic E-state index is 12.8. The van der Waals surface area contributed by atoms with E-state index >= 15 is 0 Å². The number of hydrogen-bond donors (Lipinski definition) is 0. The number of benzene rings is 1. The van der Waals surface area contributed by atoms with Crippen LogP contribution in [0.5, 0.6) is 0 Å². The summed E-state index contributed by atoms with van der Waals surface area (Å²) < 4.78 is 0. The number of carbonyl (C=O) groups excluding carboxylic acids is 3. The molecule has 0 radical (unpaired) electrons. The van der Waals surface area contributed by atoms with E-state index < -0.39 is 17.8 Å². The highest BCUT2D eigenvalue weighted by Crippen LogP contribution is 2.20. The molecule has 0 N–H and O–H groups in total. The number of carbonyl (C=O) groups is 3. The highest BCUT2D eigenvalue weighted by Gasteiger charge is 2.36. The molecule has 0 aromatic heterocycles. The molecule has 1 aliphatic carbocycles. The van der Waals surface area contributed by atoms with E-state index in [0.717, 1.165) is 30.9 Å². The van der Waals surface area contributed by atoms with Crippen LogP contribution >= 0.6 is 0 Å². The quantitative estimate of drug-likeness (QED) is 0.199. The first-order chi connectivity index (χ1) is 17.1. The van der Waals surface area contributed by atoms with Crippen LogP contribution in [-0.4, -0.2) is 22.8 Å². The molecule has 1 aromatic carbocycles. The number of hydrogen-bond acceptors (Lipinski definition) is 4. The molecule has 5 nitrogen and oxygen atoms in total. The normalized spacial score (nSPS) is 14.7. The fourth-order valence-corrected chi connectivity index (χ4v) is 5.16. The standard InChI is InChI=1S/C30H43NO4/c1-2-3-4-5-6-7-8-9-10-11-12-13-14-15-16-23-27(32)35-31-29(33)25-21-17-19-24-20-18-22-26(28(24)25)30(31)34/h17,19-21H,2-16,18,22-23H2,1H3. The average molecular weight is 482 g/mol. The zero-order valence-corrected chi connectivity index (χ0v) is 21.6. The Labute approximate surface area is 210 Å².